The zero-order valence-electron chi connectivity index (χ0n) is 9.98. The maximum absolute atomic E-state index is 3.46. The summed E-state index contributed by atoms with van der Waals surface area (Å²) in [5.41, 5.74) is 1.54. The van der Waals surface area contributed by atoms with Crippen molar-refractivity contribution in [3.63, 3.8) is 0 Å². The zero-order valence-corrected chi connectivity index (χ0v) is 11.6. The van der Waals surface area contributed by atoms with Crippen LogP contribution in [0.2, 0.25) is 0 Å². The first-order chi connectivity index (χ1) is 8.38. The molecule has 2 unspecified atom stereocenters. The molecule has 0 radical (unpaired) electrons. The van der Waals surface area contributed by atoms with Crippen molar-refractivity contribution in [3.05, 3.63) is 35.2 Å². The van der Waals surface area contributed by atoms with Gasteiger partial charge in [-0.1, -0.05) is 18.2 Å². The highest BCUT2D eigenvalue weighted by atomic mass is 32.2. The van der Waals surface area contributed by atoms with Crippen LogP contribution in [0.3, 0.4) is 0 Å². The van der Waals surface area contributed by atoms with Crippen LogP contribution in [0.25, 0.3) is 10.1 Å². The van der Waals surface area contributed by atoms with Gasteiger partial charge in [-0.25, -0.2) is 0 Å². The number of benzene rings is 1. The lowest BCUT2D eigenvalue weighted by atomic mass is 9.95. The molecule has 3 heteroatoms. The van der Waals surface area contributed by atoms with E-state index in [2.05, 4.69) is 53.8 Å². The summed E-state index contributed by atoms with van der Waals surface area (Å²) in [5, 5.41) is 7.27. The highest BCUT2D eigenvalue weighted by Crippen LogP contribution is 2.32. The van der Waals surface area contributed by atoms with Crippen molar-refractivity contribution in [3.8, 4) is 0 Å². The van der Waals surface area contributed by atoms with E-state index in [9.17, 15) is 0 Å². The van der Waals surface area contributed by atoms with E-state index in [1.54, 1.807) is 5.56 Å². The molecule has 0 bridgehead atoms. The molecule has 0 aliphatic carbocycles. The van der Waals surface area contributed by atoms with E-state index >= 15 is 0 Å². The first kappa shape index (κ1) is 11.6. The largest absolute Gasteiger partial charge is 0.316 e. The summed E-state index contributed by atoms with van der Waals surface area (Å²) in [7, 11) is 2.09. The van der Waals surface area contributed by atoms with E-state index in [-0.39, 0.29) is 0 Å². The zero-order chi connectivity index (χ0) is 11.7. The molecule has 2 heterocycles. The lowest BCUT2D eigenvalue weighted by molar-refractivity contribution is 0.455. The second kappa shape index (κ2) is 5.01. The molecule has 3 rings (SSSR count). The summed E-state index contributed by atoms with van der Waals surface area (Å²) < 4.78 is 1.43. The van der Waals surface area contributed by atoms with Gasteiger partial charge < -0.3 is 5.32 Å². The first-order valence-corrected chi connectivity index (χ1v) is 8.12. The average Bonchev–Trinajstić information content (AvgIpc) is 2.97. The molecule has 0 amide bonds. The van der Waals surface area contributed by atoms with Crippen LogP contribution in [-0.4, -0.2) is 24.6 Å². The van der Waals surface area contributed by atoms with Gasteiger partial charge in [-0.05, 0) is 47.5 Å². The summed E-state index contributed by atoms with van der Waals surface area (Å²) in [4.78, 5) is 0. The number of fused-ring (bicyclic) bond motifs is 1. The Morgan fingerprint density at radius 1 is 1.29 bits per heavy atom. The second-order valence-corrected chi connectivity index (χ2v) is 6.64. The monoisotopic (exact) mass is 263 g/mol. The molecular weight excluding hydrogens is 246 g/mol. The Balaban J connectivity index is 1.85. The van der Waals surface area contributed by atoms with E-state index < -0.39 is 0 Å². The molecule has 0 spiro atoms. The van der Waals surface area contributed by atoms with Gasteiger partial charge in [0.15, 0.2) is 0 Å². The van der Waals surface area contributed by atoms with Crippen molar-refractivity contribution < 1.29 is 0 Å². The molecule has 1 aromatic carbocycles. The Hall–Kier alpha value is -0.510. The van der Waals surface area contributed by atoms with Crippen LogP contribution >= 0.6 is 23.1 Å². The van der Waals surface area contributed by atoms with E-state index in [1.807, 2.05) is 11.3 Å². The van der Waals surface area contributed by atoms with Gasteiger partial charge in [0, 0.05) is 16.5 Å². The van der Waals surface area contributed by atoms with Gasteiger partial charge in [-0.3, -0.25) is 0 Å². The van der Waals surface area contributed by atoms with Crippen LogP contribution in [0, 0.1) is 5.92 Å². The molecule has 1 aliphatic heterocycles. The number of hydrogen-bond acceptors (Lipinski definition) is 3. The fourth-order valence-corrected chi connectivity index (χ4v) is 5.05. The summed E-state index contributed by atoms with van der Waals surface area (Å²) in [6, 6.07) is 9.46. The lowest BCUT2D eigenvalue weighted by Gasteiger charge is -2.17. The fraction of sp³-hybridized carbons (Fsp3) is 0.429. The number of thiophene rings is 1. The Morgan fingerprint density at radius 2 is 2.18 bits per heavy atom. The number of nitrogens with one attached hydrogen (secondary N) is 1. The van der Waals surface area contributed by atoms with Crippen LogP contribution < -0.4 is 5.32 Å². The van der Waals surface area contributed by atoms with Gasteiger partial charge in [0.2, 0.25) is 0 Å². The average molecular weight is 263 g/mol. The minimum atomic E-state index is 0.693. The maximum Gasteiger partial charge on any atom is 0.0345 e. The third-order valence-electron chi connectivity index (χ3n) is 3.61. The molecule has 1 nitrogen and oxygen atoms in total. The van der Waals surface area contributed by atoms with Crippen molar-refractivity contribution in [2.45, 2.75) is 12.5 Å². The Bertz CT molecular complexity index is 506. The minimum Gasteiger partial charge on any atom is -0.316 e. The van der Waals surface area contributed by atoms with Crippen LogP contribution in [0.15, 0.2) is 29.6 Å². The van der Waals surface area contributed by atoms with E-state index in [4.69, 9.17) is 0 Å². The summed E-state index contributed by atoms with van der Waals surface area (Å²) in [6.45, 7) is 0. The van der Waals surface area contributed by atoms with Crippen molar-refractivity contribution in [2.75, 3.05) is 18.6 Å². The van der Waals surface area contributed by atoms with E-state index in [1.165, 1.54) is 28.0 Å². The SMILES string of the molecule is CNC1CSCC1Cc1csc2ccccc12. The molecule has 90 valence electrons. The Kier molecular flexibility index (Phi) is 3.41. The van der Waals surface area contributed by atoms with Gasteiger partial charge in [0.05, 0.1) is 0 Å². The molecule has 1 fully saturated rings. The molecular formula is C14H17NS2. The number of thioether (sulfide) groups is 1. The smallest absolute Gasteiger partial charge is 0.0345 e. The molecule has 0 saturated carbocycles. The van der Waals surface area contributed by atoms with E-state index in [0.29, 0.717) is 6.04 Å². The highest BCUT2D eigenvalue weighted by Gasteiger charge is 2.27. The molecule has 1 aromatic heterocycles. The Morgan fingerprint density at radius 3 is 3.06 bits per heavy atom. The van der Waals surface area contributed by atoms with Crippen LogP contribution in [-0.2, 0) is 6.42 Å². The topological polar surface area (TPSA) is 12.0 Å². The van der Waals surface area contributed by atoms with E-state index in [0.717, 1.165) is 5.92 Å². The highest BCUT2D eigenvalue weighted by molar-refractivity contribution is 7.99. The third kappa shape index (κ3) is 2.24. The van der Waals surface area contributed by atoms with Crippen molar-refractivity contribution in [1.82, 2.24) is 5.32 Å². The number of hydrogen-bond donors (Lipinski definition) is 1. The Labute approximate surface area is 111 Å². The fourth-order valence-electron chi connectivity index (χ4n) is 2.59. The normalized spacial score (nSPS) is 24.5. The van der Waals surface area contributed by atoms with Gasteiger partial charge in [-0.2, -0.15) is 11.8 Å². The van der Waals surface area contributed by atoms with Gasteiger partial charge in [0.25, 0.3) is 0 Å². The second-order valence-electron chi connectivity index (χ2n) is 4.65. The molecule has 2 aromatic rings. The maximum atomic E-state index is 3.46. The molecule has 1 aliphatic rings. The van der Waals surface area contributed by atoms with Crippen LogP contribution in [0.5, 0.6) is 0 Å². The summed E-state index contributed by atoms with van der Waals surface area (Å²) in [6.07, 6.45) is 1.22. The van der Waals surface area contributed by atoms with Crippen molar-refractivity contribution >= 4 is 33.2 Å². The van der Waals surface area contributed by atoms with Gasteiger partial charge in [0.1, 0.15) is 0 Å². The van der Waals surface area contributed by atoms with Crippen LogP contribution in [0.4, 0.5) is 0 Å². The quantitative estimate of drug-likeness (QED) is 0.911. The summed E-state index contributed by atoms with van der Waals surface area (Å²) in [5.74, 6) is 3.36. The van der Waals surface area contributed by atoms with Gasteiger partial charge >= 0.3 is 0 Å². The van der Waals surface area contributed by atoms with Gasteiger partial charge in [-0.15, -0.1) is 11.3 Å². The predicted molar refractivity (Wildman–Crippen MR) is 79.2 cm³/mol. The first-order valence-electron chi connectivity index (χ1n) is 6.08. The standard InChI is InChI=1S/C14H17NS2/c1-15-13-9-16-7-11(13)6-10-8-17-14-5-3-2-4-12(10)14/h2-5,8,11,13,15H,6-7,9H2,1H3. The van der Waals surface area contributed by atoms with Crippen molar-refractivity contribution in [1.29, 1.82) is 0 Å². The van der Waals surface area contributed by atoms with Crippen LogP contribution in [0.1, 0.15) is 5.56 Å². The van der Waals surface area contributed by atoms with Crippen molar-refractivity contribution in [2.24, 2.45) is 5.92 Å². The summed E-state index contributed by atoms with van der Waals surface area (Å²) >= 11 is 3.96. The molecule has 2 atom stereocenters. The minimum absolute atomic E-state index is 0.693. The molecule has 1 N–H and O–H groups in total. The predicted octanol–water partition coefficient (Wildman–Crippen LogP) is 3.39. The molecule has 17 heavy (non-hydrogen) atoms. The number of rotatable bonds is 3. The molecule has 1 saturated heterocycles. The third-order valence-corrected chi connectivity index (χ3v) is 5.88. The lowest BCUT2D eigenvalue weighted by Crippen LogP contribution is -2.33.